The Morgan fingerprint density at radius 2 is 1.74 bits per heavy atom. The van der Waals surface area contributed by atoms with Crippen molar-refractivity contribution >= 4 is 62.3 Å². The van der Waals surface area contributed by atoms with Crippen molar-refractivity contribution in [1.29, 1.82) is 0 Å². The fraction of sp³-hybridized carbons (Fsp3) is 0.391. The van der Waals surface area contributed by atoms with Gasteiger partial charge in [0.1, 0.15) is 18.3 Å². The zero-order valence-electron chi connectivity index (χ0n) is 19.8. The first kappa shape index (κ1) is 29.0. The standard InChI is InChI=1S/C23H28Cl3N3O5S/c1-5-11-27-23(31)15(2)28(13-17-18(25)7-6-8-19(17)26)22(30)14-29(35(4,32)33)20-12-16(24)9-10-21(20)34-3/h6-10,12,15H,5,11,13-14H2,1-4H3,(H,27,31)/t15-/m0/s1. The van der Waals surface area contributed by atoms with E-state index in [0.29, 0.717) is 28.6 Å². The molecule has 35 heavy (non-hydrogen) atoms. The van der Waals surface area contributed by atoms with Gasteiger partial charge in [-0.3, -0.25) is 13.9 Å². The third-order valence-corrected chi connectivity index (χ3v) is 7.27. The Hall–Kier alpha value is -2.20. The van der Waals surface area contributed by atoms with Gasteiger partial charge < -0.3 is 15.0 Å². The van der Waals surface area contributed by atoms with Crippen molar-refractivity contribution in [1.82, 2.24) is 10.2 Å². The summed E-state index contributed by atoms with van der Waals surface area (Å²) >= 11 is 18.7. The molecule has 0 bridgehead atoms. The van der Waals surface area contributed by atoms with E-state index in [9.17, 15) is 18.0 Å². The highest BCUT2D eigenvalue weighted by atomic mass is 35.5. The number of nitrogens with zero attached hydrogens (tertiary/aromatic N) is 2. The van der Waals surface area contributed by atoms with E-state index in [1.54, 1.807) is 25.1 Å². The SMILES string of the molecule is CCCNC(=O)[C@H](C)N(Cc1c(Cl)cccc1Cl)C(=O)CN(c1cc(Cl)ccc1OC)S(C)(=O)=O. The number of hydrogen-bond acceptors (Lipinski definition) is 5. The lowest BCUT2D eigenvalue weighted by molar-refractivity contribution is -0.139. The molecule has 0 saturated carbocycles. The van der Waals surface area contributed by atoms with Crippen LogP contribution in [0.4, 0.5) is 5.69 Å². The van der Waals surface area contributed by atoms with Crippen LogP contribution < -0.4 is 14.4 Å². The summed E-state index contributed by atoms with van der Waals surface area (Å²) in [4.78, 5) is 27.6. The molecule has 0 heterocycles. The lowest BCUT2D eigenvalue weighted by Crippen LogP contribution is -2.51. The molecule has 2 rings (SSSR count). The zero-order chi connectivity index (χ0) is 26.3. The number of carbonyl (C=O) groups is 2. The van der Waals surface area contributed by atoms with E-state index in [1.807, 2.05) is 6.92 Å². The van der Waals surface area contributed by atoms with Crippen LogP contribution in [0.25, 0.3) is 0 Å². The van der Waals surface area contributed by atoms with E-state index in [-0.39, 0.29) is 23.0 Å². The van der Waals surface area contributed by atoms with Gasteiger partial charge in [-0.1, -0.05) is 47.8 Å². The van der Waals surface area contributed by atoms with Crippen molar-refractivity contribution in [2.24, 2.45) is 0 Å². The number of sulfonamides is 1. The topological polar surface area (TPSA) is 96.0 Å². The van der Waals surface area contributed by atoms with Gasteiger partial charge in [0.25, 0.3) is 0 Å². The van der Waals surface area contributed by atoms with Crippen LogP contribution in [0.2, 0.25) is 15.1 Å². The Kier molecular flexibility index (Phi) is 10.5. The van der Waals surface area contributed by atoms with E-state index in [4.69, 9.17) is 39.5 Å². The molecule has 0 fully saturated rings. The highest BCUT2D eigenvalue weighted by Crippen LogP contribution is 2.33. The lowest BCUT2D eigenvalue weighted by Gasteiger charge is -2.32. The van der Waals surface area contributed by atoms with E-state index in [1.165, 1.54) is 30.2 Å². The molecule has 1 N–H and O–H groups in total. The Bertz CT molecular complexity index is 1160. The predicted molar refractivity (Wildman–Crippen MR) is 140 cm³/mol. The molecule has 2 aromatic carbocycles. The second kappa shape index (κ2) is 12.7. The van der Waals surface area contributed by atoms with Gasteiger partial charge in [-0.15, -0.1) is 0 Å². The minimum Gasteiger partial charge on any atom is -0.495 e. The van der Waals surface area contributed by atoms with E-state index in [2.05, 4.69) is 5.32 Å². The molecule has 0 aliphatic heterocycles. The van der Waals surface area contributed by atoms with Crippen LogP contribution in [-0.4, -0.2) is 57.6 Å². The minimum atomic E-state index is -3.95. The number of amides is 2. The normalized spacial score (nSPS) is 12.1. The molecule has 2 amide bonds. The van der Waals surface area contributed by atoms with Gasteiger partial charge in [0, 0.05) is 33.7 Å². The van der Waals surface area contributed by atoms with Gasteiger partial charge in [-0.05, 0) is 43.7 Å². The third kappa shape index (κ3) is 7.64. The molecule has 0 radical (unpaired) electrons. The van der Waals surface area contributed by atoms with Crippen LogP contribution in [0, 0.1) is 0 Å². The molecular formula is C23H28Cl3N3O5S. The predicted octanol–water partition coefficient (Wildman–Crippen LogP) is 4.36. The van der Waals surface area contributed by atoms with Crippen LogP contribution >= 0.6 is 34.8 Å². The Morgan fingerprint density at radius 1 is 1.11 bits per heavy atom. The maximum absolute atomic E-state index is 13.6. The molecule has 0 aliphatic rings. The second-order valence-corrected chi connectivity index (χ2v) is 10.9. The molecule has 0 aliphatic carbocycles. The summed E-state index contributed by atoms with van der Waals surface area (Å²) in [6.45, 7) is 3.16. The minimum absolute atomic E-state index is 0.0923. The number of nitrogens with one attached hydrogen (secondary N) is 1. The summed E-state index contributed by atoms with van der Waals surface area (Å²) in [7, 11) is -2.57. The van der Waals surface area contributed by atoms with Crippen molar-refractivity contribution in [3.05, 3.63) is 57.0 Å². The van der Waals surface area contributed by atoms with Gasteiger partial charge >= 0.3 is 0 Å². The Balaban J connectivity index is 2.50. The molecule has 0 saturated heterocycles. The van der Waals surface area contributed by atoms with E-state index >= 15 is 0 Å². The number of halogens is 3. The summed E-state index contributed by atoms with van der Waals surface area (Å²) in [5, 5.41) is 3.64. The highest BCUT2D eigenvalue weighted by Gasteiger charge is 2.32. The number of methoxy groups -OCH3 is 1. The van der Waals surface area contributed by atoms with Gasteiger partial charge in [-0.25, -0.2) is 8.42 Å². The van der Waals surface area contributed by atoms with Gasteiger partial charge in [0.05, 0.1) is 19.1 Å². The van der Waals surface area contributed by atoms with Gasteiger partial charge in [-0.2, -0.15) is 0 Å². The Labute approximate surface area is 221 Å². The quantitative estimate of drug-likeness (QED) is 0.437. The molecule has 1 atom stereocenters. The molecule has 0 aromatic heterocycles. The fourth-order valence-electron chi connectivity index (χ4n) is 3.29. The lowest BCUT2D eigenvalue weighted by atomic mass is 10.1. The third-order valence-electron chi connectivity index (χ3n) is 5.20. The fourth-order valence-corrected chi connectivity index (χ4v) is 4.81. The van der Waals surface area contributed by atoms with Crippen molar-refractivity contribution < 1.29 is 22.7 Å². The van der Waals surface area contributed by atoms with E-state index in [0.717, 1.165) is 10.6 Å². The first-order chi connectivity index (χ1) is 16.4. The number of rotatable bonds is 11. The molecular weight excluding hydrogens is 537 g/mol. The van der Waals surface area contributed by atoms with Crippen molar-refractivity contribution in [2.45, 2.75) is 32.9 Å². The number of anilines is 1. The number of carbonyl (C=O) groups excluding carboxylic acids is 2. The van der Waals surface area contributed by atoms with Crippen LogP contribution in [0.3, 0.4) is 0 Å². The largest absolute Gasteiger partial charge is 0.495 e. The maximum Gasteiger partial charge on any atom is 0.244 e. The molecule has 12 heteroatoms. The number of hydrogen-bond donors (Lipinski definition) is 1. The van der Waals surface area contributed by atoms with Gasteiger partial charge in [0.15, 0.2) is 0 Å². The monoisotopic (exact) mass is 563 g/mol. The van der Waals surface area contributed by atoms with Crippen LogP contribution in [0.5, 0.6) is 5.75 Å². The van der Waals surface area contributed by atoms with Crippen LogP contribution in [-0.2, 0) is 26.2 Å². The molecule has 0 unspecified atom stereocenters. The van der Waals surface area contributed by atoms with Crippen LogP contribution in [0.15, 0.2) is 36.4 Å². The Morgan fingerprint density at radius 3 is 2.29 bits per heavy atom. The van der Waals surface area contributed by atoms with Crippen molar-refractivity contribution in [3.63, 3.8) is 0 Å². The van der Waals surface area contributed by atoms with Crippen molar-refractivity contribution in [2.75, 3.05) is 30.8 Å². The van der Waals surface area contributed by atoms with Crippen molar-refractivity contribution in [3.8, 4) is 5.75 Å². The molecule has 0 spiro atoms. The average Bonchev–Trinajstić information content (AvgIpc) is 2.79. The summed E-state index contributed by atoms with van der Waals surface area (Å²) in [6, 6.07) is 8.39. The number of ether oxygens (including phenoxy) is 1. The smallest absolute Gasteiger partial charge is 0.244 e. The van der Waals surface area contributed by atoms with Crippen LogP contribution in [0.1, 0.15) is 25.8 Å². The number of benzene rings is 2. The second-order valence-electron chi connectivity index (χ2n) is 7.77. The molecule has 8 nitrogen and oxygen atoms in total. The zero-order valence-corrected chi connectivity index (χ0v) is 22.9. The van der Waals surface area contributed by atoms with E-state index < -0.39 is 34.4 Å². The molecule has 192 valence electrons. The summed E-state index contributed by atoms with van der Waals surface area (Å²) in [6.07, 6.45) is 1.67. The highest BCUT2D eigenvalue weighted by molar-refractivity contribution is 7.92. The maximum atomic E-state index is 13.6. The summed E-state index contributed by atoms with van der Waals surface area (Å²) < 4.78 is 31.6. The summed E-state index contributed by atoms with van der Waals surface area (Å²) in [5.74, 6) is -0.829. The average molecular weight is 565 g/mol. The van der Waals surface area contributed by atoms with Gasteiger partial charge in [0.2, 0.25) is 21.8 Å². The molecule has 2 aromatic rings. The summed E-state index contributed by atoms with van der Waals surface area (Å²) in [5.41, 5.74) is 0.528. The first-order valence-electron chi connectivity index (χ1n) is 10.7. The first-order valence-corrected chi connectivity index (χ1v) is 13.7.